The topological polar surface area (TPSA) is 125 Å². The Bertz CT molecular complexity index is 783. The molecule has 1 aliphatic heterocycles. The predicted octanol–water partition coefficient (Wildman–Crippen LogP) is -0.262. The zero-order valence-corrected chi connectivity index (χ0v) is 16.7. The lowest BCUT2D eigenvalue weighted by Crippen LogP contribution is -2.46. The molecule has 1 aliphatic rings. The van der Waals surface area contributed by atoms with E-state index in [2.05, 4.69) is 16.0 Å². The minimum atomic E-state index is -0.801. The van der Waals surface area contributed by atoms with Gasteiger partial charge in [-0.25, -0.2) is 0 Å². The molecule has 4 amide bonds. The van der Waals surface area contributed by atoms with Gasteiger partial charge in [0.25, 0.3) is 5.91 Å². The molecule has 0 bridgehead atoms. The summed E-state index contributed by atoms with van der Waals surface area (Å²) in [6, 6.07) is 5.39. The summed E-state index contributed by atoms with van der Waals surface area (Å²) in [7, 11) is 1.41. The first-order chi connectivity index (χ1) is 13.8. The van der Waals surface area contributed by atoms with Crippen molar-refractivity contribution in [3.63, 3.8) is 0 Å². The Morgan fingerprint density at radius 3 is 2.59 bits per heavy atom. The minimum Gasteiger partial charge on any atom is -0.356 e. The van der Waals surface area contributed by atoms with Crippen LogP contribution in [0.15, 0.2) is 24.3 Å². The lowest BCUT2D eigenvalue weighted by atomic mass is 9.99. The molecule has 0 aliphatic carbocycles. The van der Waals surface area contributed by atoms with E-state index in [0.717, 1.165) is 4.90 Å². The fraction of sp³-hybridized carbons (Fsp3) is 0.421. The number of hydrogen-bond donors (Lipinski definition) is 3. The molecule has 0 spiro atoms. The molecule has 10 heteroatoms. The summed E-state index contributed by atoms with van der Waals surface area (Å²) in [6.07, 6.45) is 1.41. The maximum absolute atomic E-state index is 12.1. The molecule has 2 unspecified atom stereocenters. The molecule has 3 N–H and O–H groups in total. The average molecular weight is 423 g/mol. The van der Waals surface area contributed by atoms with Crippen molar-refractivity contribution in [2.45, 2.75) is 18.9 Å². The van der Waals surface area contributed by atoms with E-state index in [4.69, 9.17) is 11.6 Å². The number of carbonyl (C=O) groups excluding carboxylic acids is 5. The van der Waals surface area contributed by atoms with Gasteiger partial charge in [-0.1, -0.05) is 11.6 Å². The Kier molecular flexibility index (Phi) is 8.14. The summed E-state index contributed by atoms with van der Waals surface area (Å²) in [5, 5.41) is 8.15. The summed E-state index contributed by atoms with van der Waals surface area (Å²) in [5.74, 6) is -1.88. The number of carbonyl (C=O) groups is 5. The van der Waals surface area contributed by atoms with Gasteiger partial charge in [0, 0.05) is 30.1 Å². The number of hydrogen-bond acceptors (Lipinski definition) is 5. The fourth-order valence-electron chi connectivity index (χ4n) is 2.88. The third-order valence-electron chi connectivity index (χ3n) is 4.53. The first kappa shape index (κ1) is 22.4. The van der Waals surface area contributed by atoms with Crippen molar-refractivity contribution in [1.82, 2.24) is 20.9 Å². The first-order valence-electron chi connectivity index (χ1n) is 9.10. The molecule has 0 radical (unpaired) electrons. The molecule has 1 fully saturated rings. The van der Waals surface area contributed by atoms with Gasteiger partial charge in [0.15, 0.2) is 0 Å². The lowest BCUT2D eigenvalue weighted by molar-refractivity contribution is -0.134. The van der Waals surface area contributed by atoms with Crippen molar-refractivity contribution < 1.29 is 24.0 Å². The van der Waals surface area contributed by atoms with Crippen molar-refractivity contribution in [1.29, 1.82) is 0 Å². The molecule has 1 aromatic rings. The highest BCUT2D eigenvalue weighted by atomic mass is 35.5. The number of aldehydes is 1. The van der Waals surface area contributed by atoms with Crippen LogP contribution >= 0.6 is 11.6 Å². The van der Waals surface area contributed by atoms with Gasteiger partial charge >= 0.3 is 0 Å². The van der Waals surface area contributed by atoms with Crippen LogP contribution in [0, 0.1) is 5.92 Å². The zero-order chi connectivity index (χ0) is 21.4. The van der Waals surface area contributed by atoms with E-state index in [1.807, 2.05) is 0 Å². The zero-order valence-electron chi connectivity index (χ0n) is 15.9. The Hall–Kier alpha value is -2.94. The minimum absolute atomic E-state index is 0.130. The van der Waals surface area contributed by atoms with E-state index in [1.165, 1.54) is 19.2 Å². The van der Waals surface area contributed by atoms with Gasteiger partial charge in [0.2, 0.25) is 17.7 Å². The number of nitrogens with zero attached hydrogens (tertiary/aromatic N) is 1. The molecule has 9 nitrogen and oxygen atoms in total. The molecule has 0 saturated carbocycles. The highest BCUT2D eigenvalue weighted by Gasteiger charge is 2.28. The number of halogens is 1. The quantitative estimate of drug-likeness (QED) is 0.473. The smallest absolute Gasteiger partial charge is 0.251 e. The Morgan fingerprint density at radius 2 is 2.00 bits per heavy atom. The fourth-order valence-corrected chi connectivity index (χ4v) is 3.00. The van der Waals surface area contributed by atoms with Gasteiger partial charge in [-0.2, -0.15) is 0 Å². The SMILES string of the molecule is CN(CC(=O)NC(C=O)CC1CCNC1=O)C(=O)CNC(=O)c1ccc(Cl)cc1. The summed E-state index contributed by atoms with van der Waals surface area (Å²) in [4.78, 5) is 60.2. The number of amides is 4. The molecule has 2 atom stereocenters. The number of likely N-dealkylation sites (N-methyl/N-ethyl adjacent to an activating group) is 1. The van der Waals surface area contributed by atoms with Crippen LogP contribution in [0.3, 0.4) is 0 Å². The number of rotatable bonds is 9. The van der Waals surface area contributed by atoms with Gasteiger partial charge in [-0.05, 0) is 37.1 Å². The van der Waals surface area contributed by atoms with Crippen LogP contribution in [0.25, 0.3) is 0 Å². The summed E-state index contributed by atoms with van der Waals surface area (Å²) in [6.45, 7) is -0.0105. The monoisotopic (exact) mass is 422 g/mol. The van der Waals surface area contributed by atoms with Crippen LogP contribution in [0.2, 0.25) is 5.02 Å². The standard InChI is InChI=1S/C19H23ClN4O5/c1-24(17(27)9-22-18(28)12-2-4-14(20)5-3-12)10-16(26)23-15(11-25)8-13-6-7-21-19(13)29/h2-5,11,13,15H,6-10H2,1H3,(H,21,29)(H,22,28)(H,23,26). The molecule has 156 valence electrons. The normalized spacial score (nSPS) is 16.5. The van der Waals surface area contributed by atoms with Crippen LogP contribution in [0.1, 0.15) is 23.2 Å². The Morgan fingerprint density at radius 1 is 1.31 bits per heavy atom. The molecule has 29 heavy (non-hydrogen) atoms. The third-order valence-corrected chi connectivity index (χ3v) is 4.78. The van der Waals surface area contributed by atoms with Gasteiger partial charge in [-0.3, -0.25) is 19.2 Å². The van der Waals surface area contributed by atoms with Crippen molar-refractivity contribution in [2.24, 2.45) is 5.92 Å². The van der Waals surface area contributed by atoms with E-state index in [-0.39, 0.29) is 31.3 Å². The second-order valence-corrected chi connectivity index (χ2v) is 7.20. The van der Waals surface area contributed by atoms with Crippen LogP contribution in [0.4, 0.5) is 0 Å². The van der Waals surface area contributed by atoms with E-state index < -0.39 is 23.8 Å². The summed E-state index contributed by atoms with van der Waals surface area (Å²) < 4.78 is 0. The number of nitrogens with one attached hydrogen (secondary N) is 3. The highest BCUT2D eigenvalue weighted by molar-refractivity contribution is 6.30. The van der Waals surface area contributed by atoms with Gasteiger partial charge in [0.05, 0.1) is 19.1 Å². The second kappa shape index (κ2) is 10.6. The molecule has 1 heterocycles. The molecular weight excluding hydrogens is 400 g/mol. The highest BCUT2D eigenvalue weighted by Crippen LogP contribution is 2.15. The van der Waals surface area contributed by atoms with Gasteiger partial charge in [0.1, 0.15) is 6.29 Å². The maximum Gasteiger partial charge on any atom is 0.251 e. The van der Waals surface area contributed by atoms with Crippen LogP contribution in [0.5, 0.6) is 0 Å². The average Bonchev–Trinajstić information content (AvgIpc) is 3.10. The van der Waals surface area contributed by atoms with E-state index >= 15 is 0 Å². The third kappa shape index (κ3) is 6.86. The van der Waals surface area contributed by atoms with Crippen LogP contribution in [-0.4, -0.2) is 67.5 Å². The molecule has 0 aromatic heterocycles. The van der Waals surface area contributed by atoms with Crippen LogP contribution in [-0.2, 0) is 19.2 Å². The first-order valence-corrected chi connectivity index (χ1v) is 9.48. The predicted molar refractivity (Wildman–Crippen MR) is 105 cm³/mol. The second-order valence-electron chi connectivity index (χ2n) is 6.76. The van der Waals surface area contributed by atoms with Crippen molar-refractivity contribution in [2.75, 3.05) is 26.7 Å². The summed E-state index contributed by atoms with van der Waals surface area (Å²) >= 11 is 5.76. The molecular formula is C19H23ClN4O5. The van der Waals surface area contributed by atoms with Gasteiger partial charge < -0.3 is 25.6 Å². The van der Waals surface area contributed by atoms with E-state index in [1.54, 1.807) is 12.1 Å². The van der Waals surface area contributed by atoms with Crippen molar-refractivity contribution in [3.8, 4) is 0 Å². The maximum atomic E-state index is 12.1. The van der Waals surface area contributed by atoms with E-state index in [0.29, 0.717) is 29.8 Å². The molecule has 2 rings (SSSR count). The summed E-state index contributed by atoms with van der Waals surface area (Å²) in [5.41, 5.74) is 0.354. The lowest BCUT2D eigenvalue weighted by Gasteiger charge is -2.20. The largest absolute Gasteiger partial charge is 0.356 e. The Labute approximate surface area is 173 Å². The van der Waals surface area contributed by atoms with Gasteiger partial charge in [-0.15, -0.1) is 0 Å². The number of benzene rings is 1. The van der Waals surface area contributed by atoms with E-state index in [9.17, 15) is 24.0 Å². The molecule has 1 aromatic carbocycles. The van der Waals surface area contributed by atoms with Crippen molar-refractivity contribution in [3.05, 3.63) is 34.9 Å². The molecule has 1 saturated heterocycles. The van der Waals surface area contributed by atoms with Crippen LogP contribution < -0.4 is 16.0 Å². The van der Waals surface area contributed by atoms with Crippen molar-refractivity contribution >= 4 is 41.5 Å². The Balaban J connectivity index is 1.76.